The van der Waals surface area contributed by atoms with Crippen molar-refractivity contribution in [2.45, 2.75) is 38.1 Å². The van der Waals surface area contributed by atoms with E-state index in [1.165, 1.54) is 19.3 Å². The van der Waals surface area contributed by atoms with Gasteiger partial charge in [0.05, 0.1) is 29.7 Å². The number of methoxy groups -OCH3 is 1. The lowest BCUT2D eigenvalue weighted by molar-refractivity contribution is 0.319. The molecule has 0 amide bonds. The Morgan fingerprint density at radius 1 is 1.07 bits per heavy atom. The van der Waals surface area contributed by atoms with Gasteiger partial charge in [-0.1, -0.05) is 19.3 Å². The van der Waals surface area contributed by atoms with Gasteiger partial charge in [0.15, 0.2) is 5.82 Å². The Kier molecular flexibility index (Phi) is 4.38. The molecule has 1 fully saturated rings. The average molecular weight is 390 g/mol. The number of aromatic nitrogens is 6. The number of benzene rings is 2. The zero-order valence-corrected chi connectivity index (χ0v) is 16.2. The molecule has 2 aromatic heterocycles. The predicted octanol–water partition coefficient (Wildman–Crippen LogP) is 3.49. The van der Waals surface area contributed by atoms with E-state index in [4.69, 9.17) is 4.74 Å². The number of hydrogen-bond acceptors (Lipinski definition) is 5. The van der Waals surface area contributed by atoms with Crippen molar-refractivity contribution in [1.82, 2.24) is 30.0 Å². The maximum atomic E-state index is 13.5. The highest BCUT2D eigenvalue weighted by molar-refractivity contribution is 5.84. The summed E-state index contributed by atoms with van der Waals surface area (Å²) in [7, 11) is 1.64. The number of nitrogens with one attached hydrogen (secondary N) is 1. The minimum absolute atomic E-state index is 0.0370. The van der Waals surface area contributed by atoms with Gasteiger partial charge >= 0.3 is 0 Å². The molecule has 2 heterocycles. The molecule has 1 saturated carbocycles. The highest BCUT2D eigenvalue weighted by Crippen LogP contribution is 2.32. The second-order valence-corrected chi connectivity index (χ2v) is 7.43. The fourth-order valence-corrected chi connectivity index (χ4v) is 4.31. The predicted molar refractivity (Wildman–Crippen MR) is 109 cm³/mol. The maximum absolute atomic E-state index is 13.5. The van der Waals surface area contributed by atoms with Crippen LogP contribution < -0.4 is 10.3 Å². The molecule has 5 rings (SSSR count). The Hall–Kier alpha value is -3.42. The van der Waals surface area contributed by atoms with Crippen LogP contribution >= 0.6 is 0 Å². The van der Waals surface area contributed by atoms with Crippen LogP contribution in [0.4, 0.5) is 0 Å². The molecule has 1 aliphatic carbocycles. The van der Waals surface area contributed by atoms with E-state index >= 15 is 0 Å². The molecule has 0 saturated heterocycles. The molecule has 4 aromatic rings. The van der Waals surface area contributed by atoms with Crippen molar-refractivity contribution in [1.29, 1.82) is 0 Å². The van der Waals surface area contributed by atoms with Crippen LogP contribution in [-0.4, -0.2) is 37.1 Å². The number of aromatic amines is 1. The Morgan fingerprint density at radius 2 is 1.86 bits per heavy atom. The second-order valence-electron chi connectivity index (χ2n) is 7.43. The summed E-state index contributed by atoms with van der Waals surface area (Å²) in [5.41, 5.74) is 2.53. The molecule has 0 atom stereocenters. The molecule has 0 bridgehead atoms. The van der Waals surface area contributed by atoms with Crippen molar-refractivity contribution in [3.63, 3.8) is 0 Å². The highest BCUT2D eigenvalue weighted by atomic mass is 16.5. The fourth-order valence-electron chi connectivity index (χ4n) is 4.31. The van der Waals surface area contributed by atoms with Crippen LogP contribution in [0.25, 0.3) is 28.0 Å². The zero-order valence-electron chi connectivity index (χ0n) is 16.2. The van der Waals surface area contributed by atoms with E-state index < -0.39 is 0 Å². The van der Waals surface area contributed by atoms with E-state index in [0.717, 1.165) is 35.4 Å². The van der Waals surface area contributed by atoms with Crippen molar-refractivity contribution in [2.24, 2.45) is 0 Å². The Balaban J connectivity index is 1.74. The topological polar surface area (TPSA) is 90.6 Å². The van der Waals surface area contributed by atoms with Gasteiger partial charge in [0.25, 0.3) is 5.56 Å². The smallest absolute Gasteiger partial charge is 0.279 e. The van der Waals surface area contributed by atoms with Crippen molar-refractivity contribution >= 4 is 10.9 Å². The SMILES string of the molecule is COc1ccc(-n2c(=O)c3cc(-c4nnn[nH]4)ccc3n2C2CCCCC2)cc1. The highest BCUT2D eigenvalue weighted by Gasteiger charge is 2.24. The van der Waals surface area contributed by atoms with Gasteiger partial charge < -0.3 is 4.74 Å². The molecular formula is C21H22N6O2. The first-order chi connectivity index (χ1) is 14.3. The largest absolute Gasteiger partial charge is 0.497 e. The van der Waals surface area contributed by atoms with E-state index in [1.807, 2.05) is 47.1 Å². The van der Waals surface area contributed by atoms with Gasteiger partial charge in [-0.2, -0.15) is 0 Å². The summed E-state index contributed by atoms with van der Waals surface area (Å²) >= 11 is 0. The van der Waals surface area contributed by atoms with Gasteiger partial charge in [-0.05, 0) is 65.7 Å². The molecule has 8 nitrogen and oxygen atoms in total. The Bertz CT molecular complexity index is 1180. The van der Waals surface area contributed by atoms with Crippen LogP contribution in [-0.2, 0) is 0 Å². The number of nitrogens with zero attached hydrogens (tertiary/aromatic N) is 5. The van der Waals surface area contributed by atoms with Gasteiger partial charge in [0, 0.05) is 5.56 Å². The van der Waals surface area contributed by atoms with Gasteiger partial charge in [-0.25, -0.2) is 9.78 Å². The van der Waals surface area contributed by atoms with Gasteiger partial charge in [0.2, 0.25) is 0 Å². The van der Waals surface area contributed by atoms with Gasteiger partial charge in [-0.15, -0.1) is 5.10 Å². The van der Waals surface area contributed by atoms with Gasteiger partial charge in [-0.3, -0.25) is 9.48 Å². The third-order valence-corrected chi connectivity index (χ3v) is 5.74. The van der Waals surface area contributed by atoms with Crippen LogP contribution in [0.2, 0.25) is 0 Å². The van der Waals surface area contributed by atoms with Crippen LogP contribution in [0.15, 0.2) is 47.3 Å². The van der Waals surface area contributed by atoms with Crippen LogP contribution in [0.3, 0.4) is 0 Å². The summed E-state index contributed by atoms with van der Waals surface area (Å²) in [6, 6.07) is 13.8. The van der Waals surface area contributed by atoms with E-state index in [9.17, 15) is 4.79 Å². The monoisotopic (exact) mass is 390 g/mol. The molecule has 1 aliphatic rings. The fraction of sp³-hybridized carbons (Fsp3) is 0.333. The van der Waals surface area contributed by atoms with Crippen molar-refractivity contribution in [3.8, 4) is 22.8 Å². The maximum Gasteiger partial charge on any atom is 0.279 e. The first-order valence-corrected chi connectivity index (χ1v) is 9.92. The minimum atomic E-state index is -0.0370. The minimum Gasteiger partial charge on any atom is -0.497 e. The number of hydrogen-bond donors (Lipinski definition) is 1. The third kappa shape index (κ3) is 3.00. The second kappa shape index (κ2) is 7.20. The van der Waals surface area contributed by atoms with E-state index in [2.05, 4.69) is 25.3 Å². The number of tetrazole rings is 1. The lowest BCUT2D eigenvalue weighted by atomic mass is 9.95. The lowest BCUT2D eigenvalue weighted by Crippen LogP contribution is -2.25. The first-order valence-electron chi connectivity index (χ1n) is 9.92. The molecule has 0 aliphatic heterocycles. The molecule has 0 radical (unpaired) electrons. The van der Waals surface area contributed by atoms with E-state index in [0.29, 0.717) is 17.3 Å². The van der Waals surface area contributed by atoms with Crippen LogP contribution in [0.1, 0.15) is 38.1 Å². The summed E-state index contributed by atoms with van der Waals surface area (Å²) in [5, 5.41) is 14.7. The summed E-state index contributed by atoms with van der Waals surface area (Å²) in [4.78, 5) is 13.5. The van der Waals surface area contributed by atoms with Gasteiger partial charge in [0.1, 0.15) is 5.75 Å². The Labute approximate surface area is 167 Å². The normalized spacial score (nSPS) is 15.1. The number of H-pyrrole nitrogens is 1. The zero-order chi connectivity index (χ0) is 19.8. The average Bonchev–Trinajstić information content (AvgIpc) is 3.41. The van der Waals surface area contributed by atoms with E-state index in [-0.39, 0.29) is 5.56 Å². The third-order valence-electron chi connectivity index (χ3n) is 5.74. The summed E-state index contributed by atoms with van der Waals surface area (Å²) in [5.74, 6) is 1.31. The lowest BCUT2D eigenvalue weighted by Gasteiger charge is -2.26. The molecule has 148 valence electrons. The summed E-state index contributed by atoms with van der Waals surface area (Å²) < 4.78 is 9.27. The summed E-state index contributed by atoms with van der Waals surface area (Å²) in [6.45, 7) is 0. The summed E-state index contributed by atoms with van der Waals surface area (Å²) in [6.07, 6.45) is 5.78. The number of rotatable bonds is 4. The molecule has 8 heteroatoms. The molecular weight excluding hydrogens is 368 g/mol. The van der Waals surface area contributed by atoms with Crippen LogP contribution in [0, 0.1) is 0 Å². The molecule has 1 N–H and O–H groups in total. The molecule has 2 aromatic carbocycles. The van der Waals surface area contributed by atoms with E-state index in [1.54, 1.807) is 7.11 Å². The quantitative estimate of drug-likeness (QED) is 0.576. The van der Waals surface area contributed by atoms with Crippen molar-refractivity contribution < 1.29 is 4.74 Å². The van der Waals surface area contributed by atoms with Crippen LogP contribution in [0.5, 0.6) is 5.75 Å². The molecule has 0 unspecified atom stereocenters. The number of ether oxygens (including phenoxy) is 1. The first kappa shape index (κ1) is 17.7. The Morgan fingerprint density at radius 3 is 2.55 bits per heavy atom. The van der Waals surface area contributed by atoms with Crippen molar-refractivity contribution in [2.75, 3.05) is 7.11 Å². The standard InChI is InChI=1S/C21H22N6O2/c1-29-17-10-8-16(9-11-17)27-21(28)18-13-14(20-22-24-25-23-20)7-12-19(18)26(27)15-5-3-2-4-6-15/h7-13,15H,2-6H2,1H3,(H,22,23,24,25). The molecule has 29 heavy (non-hydrogen) atoms. The van der Waals surface area contributed by atoms with Crippen molar-refractivity contribution in [3.05, 3.63) is 52.8 Å². The molecule has 0 spiro atoms. The number of fused-ring (bicyclic) bond motifs is 1.